The third-order valence-electron chi connectivity index (χ3n) is 2.12. The lowest BCUT2D eigenvalue weighted by Crippen LogP contribution is -2.39. The highest BCUT2D eigenvalue weighted by Crippen LogP contribution is 2.22. The highest BCUT2D eigenvalue weighted by atomic mass is 16.7. The van der Waals surface area contributed by atoms with Gasteiger partial charge in [0.05, 0.1) is 0 Å². The molecule has 0 aromatic carbocycles. The third kappa shape index (κ3) is 2.63. The summed E-state index contributed by atoms with van der Waals surface area (Å²) >= 11 is 0. The van der Waals surface area contributed by atoms with Gasteiger partial charge < -0.3 is 15.2 Å². The summed E-state index contributed by atoms with van der Waals surface area (Å²) in [6, 6.07) is 3.24. The molecule has 0 fully saturated rings. The summed E-state index contributed by atoms with van der Waals surface area (Å²) in [5.74, 6) is 5.83. The summed E-state index contributed by atoms with van der Waals surface area (Å²) in [6.07, 6.45) is 1.10. The van der Waals surface area contributed by atoms with Gasteiger partial charge in [0.15, 0.2) is 6.29 Å². The van der Waals surface area contributed by atoms with Gasteiger partial charge in [-0.05, 0) is 6.07 Å². The van der Waals surface area contributed by atoms with E-state index in [9.17, 15) is 0 Å². The topological polar surface area (TPSA) is 95.4 Å². The number of nitrogens with zero attached hydrogens (tertiary/aromatic N) is 1. The Morgan fingerprint density at radius 3 is 2.53 bits per heavy atom. The highest BCUT2D eigenvalue weighted by molar-refractivity contribution is 5.41. The second kappa shape index (κ2) is 5.62. The van der Waals surface area contributed by atoms with Gasteiger partial charge in [-0.3, -0.25) is 5.84 Å². The minimum Gasteiger partial charge on any atom is -0.383 e. The van der Waals surface area contributed by atoms with E-state index in [1.54, 1.807) is 12.3 Å². The molecule has 1 unspecified atom stereocenters. The van der Waals surface area contributed by atoms with Gasteiger partial charge in [-0.15, -0.1) is 0 Å². The Morgan fingerprint density at radius 1 is 1.40 bits per heavy atom. The number of pyridine rings is 1. The van der Waals surface area contributed by atoms with Gasteiger partial charge in [0.25, 0.3) is 0 Å². The largest absolute Gasteiger partial charge is 0.383 e. The fraction of sp³-hybridized carbons (Fsp3) is 0.444. The molecule has 6 heteroatoms. The van der Waals surface area contributed by atoms with Crippen LogP contribution in [-0.4, -0.2) is 25.5 Å². The van der Waals surface area contributed by atoms with E-state index in [0.29, 0.717) is 5.82 Å². The Morgan fingerprint density at radius 2 is 2.07 bits per heavy atom. The van der Waals surface area contributed by atoms with Crippen molar-refractivity contribution in [3.63, 3.8) is 0 Å². The molecule has 84 valence electrons. The van der Waals surface area contributed by atoms with Gasteiger partial charge >= 0.3 is 0 Å². The molecule has 1 heterocycles. The van der Waals surface area contributed by atoms with Crippen LogP contribution in [0.2, 0.25) is 0 Å². The zero-order chi connectivity index (χ0) is 11.3. The molecule has 0 radical (unpaired) electrons. The quantitative estimate of drug-likeness (QED) is 0.355. The van der Waals surface area contributed by atoms with E-state index in [4.69, 9.17) is 21.1 Å². The van der Waals surface area contributed by atoms with Crippen molar-refractivity contribution in [2.45, 2.75) is 12.3 Å². The monoisotopic (exact) mass is 212 g/mol. The van der Waals surface area contributed by atoms with Gasteiger partial charge in [-0.2, -0.15) is 0 Å². The summed E-state index contributed by atoms with van der Waals surface area (Å²) < 4.78 is 10.2. The van der Waals surface area contributed by atoms with Crippen LogP contribution in [0, 0.1) is 0 Å². The number of aromatic nitrogens is 1. The number of methoxy groups -OCH3 is 2. The number of hydrogen-bond donors (Lipinski definition) is 3. The molecule has 0 bridgehead atoms. The molecule has 0 saturated carbocycles. The van der Waals surface area contributed by atoms with Crippen LogP contribution in [0.1, 0.15) is 11.6 Å². The van der Waals surface area contributed by atoms with Crippen LogP contribution >= 0.6 is 0 Å². The minimum atomic E-state index is -0.513. The van der Waals surface area contributed by atoms with Crippen LogP contribution in [0.4, 0.5) is 5.82 Å². The maximum atomic E-state index is 5.73. The number of nitrogen functional groups attached to an aromatic ring is 1. The zero-order valence-electron chi connectivity index (χ0n) is 8.81. The van der Waals surface area contributed by atoms with Gasteiger partial charge in [0, 0.05) is 26.0 Å². The predicted molar refractivity (Wildman–Crippen MR) is 56.5 cm³/mol. The molecule has 6 nitrogen and oxygen atoms in total. The van der Waals surface area contributed by atoms with Crippen molar-refractivity contribution in [2.24, 2.45) is 5.84 Å². The highest BCUT2D eigenvalue weighted by Gasteiger charge is 2.23. The van der Waals surface area contributed by atoms with Gasteiger partial charge in [0.1, 0.15) is 11.9 Å². The number of hydrogen-bond acceptors (Lipinski definition) is 6. The summed E-state index contributed by atoms with van der Waals surface area (Å²) in [7, 11) is 3.07. The molecule has 1 atom stereocenters. The van der Waals surface area contributed by atoms with E-state index in [1.165, 1.54) is 14.2 Å². The Hall–Kier alpha value is -1.21. The molecule has 15 heavy (non-hydrogen) atoms. The number of rotatable bonds is 5. The fourth-order valence-electron chi connectivity index (χ4n) is 1.38. The molecule has 0 aliphatic heterocycles. The molecule has 0 saturated heterocycles. The van der Waals surface area contributed by atoms with Crippen LogP contribution in [0.25, 0.3) is 0 Å². The summed E-state index contributed by atoms with van der Waals surface area (Å²) in [5, 5.41) is 0. The van der Waals surface area contributed by atoms with E-state index >= 15 is 0 Å². The molecule has 0 amide bonds. The van der Waals surface area contributed by atoms with E-state index in [0.717, 1.165) is 5.56 Å². The molecular formula is C9H16N4O2. The van der Waals surface area contributed by atoms with E-state index in [2.05, 4.69) is 10.4 Å². The van der Waals surface area contributed by atoms with Crippen molar-refractivity contribution in [3.8, 4) is 0 Å². The average Bonchev–Trinajstić information content (AvgIpc) is 2.27. The van der Waals surface area contributed by atoms with Crippen LogP contribution in [0.5, 0.6) is 0 Å². The maximum absolute atomic E-state index is 5.73. The summed E-state index contributed by atoms with van der Waals surface area (Å²) in [4.78, 5) is 3.97. The second-order valence-corrected chi connectivity index (χ2v) is 2.96. The van der Waals surface area contributed by atoms with Crippen molar-refractivity contribution < 1.29 is 9.47 Å². The number of hydrazine groups is 1. The lowest BCUT2D eigenvalue weighted by molar-refractivity contribution is -0.124. The molecule has 1 rings (SSSR count). The van der Waals surface area contributed by atoms with Crippen molar-refractivity contribution in [1.29, 1.82) is 0 Å². The van der Waals surface area contributed by atoms with Crippen molar-refractivity contribution in [1.82, 2.24) is 10.4 Å². The number of anilines is 1. The van der Waals surface area contributed by atoms with Gasteiger partial charge in [0.2, 0.25) is 0 Å². The number of nitrogens with one attached hydrogen (secondary N) is 1. The Bertz CT molecular complexity index is 304. The van der Waals surface area contributed by atoms with Gasteiger partial charge in [-0.25, -0.2) is 10.4 Å². The first-order chi connectivity index (χ1) is 7.24. The van der Waals surface area contributed by atoms with Crippen molar-refractivity contribution in [2.75, 3.05) is 20.0 Å². The minimum absolute atomic E-state index is 0.353. The standard InChI is InChI=1S/C9H16N4O2/c1-14-9(15-2)7(13-11)6-4-3-5-12-8(6)10/h3-5,7,9,13H,11H2,1-2H3,(H2,10,12). The molecule has 1 aromatic rings. The predicted octanol–water partition coefficient (Wildman–Crippen LogP) is -0.213. The second-order valence-electron chi connectivity index (χ2n) is 2.96. The SMILES string of the molecule is COC(OC)C(NN)c1cccnc1N. The van der Waals surface area contributed by atoms with Crippen LogP contribution in [-0.2, 0) is 9.47 Å². The van der Waals surface area contributed by atoms with Crippen molar-refractivity contribution >= 4 is 5.82 Å². The van der Waals surface area contributed by atoms with E-state index in [-0.39, 0.29) is 6.04 Å². The van der Waals surface area contributed by atoms with Crippen molar-refractivity contribution in [3.05, 3.63) is 23.9 Å². The molecule has 0 aliphatic carbocycles. The van der Waals surface area contributed by atoms with Gasteiger partial charge in [-0.1, -0.05) is 6.07 Å². The molecular weight excluding hydrogens is 196 g/mol. The lowest BCUT2D eigenvalue weighted by Gasteiger charge is -2.24. The summed E-state index contributed by atoms with van der Waals surface area (Å²) in [5.41, 5.74) is 9.06. The third-order valence-corrected chi connectivity index (χ3v) is 2.12. The Kier molecular flexibility index (Phi) is 4.44. The van der Waals surface area contributed by atoms with Crippen LogP contribution in [0.3, 0.4) is 0 Å². The van der Waals surface area contributed by atoms with Crippen LogP contribution < -0.4 is 17.0 Å². The first kappa shape index (κ1) is 11.9. The molecule has 5 N–H and O–H groups in total. The molecule has 0 spiro atoms. The summed E-state index contributed by atoms with van der Waals surface area (Å²) in [6.45, 7) is 0. The average molecular weight is 212 g/mol. The van der Waals surface area contributed by atoms with E-state index < -0.39 is 6.29 Å². The smallest absolute Gasteiger partial charge is 0.177 e. The van der Waals surface area contributed by atoms with E-state index in [1.807, 2.05) is 6.07 Å². The molecule has 1 aromatic heterocycles. The maximum Gasteiger partial charge on any atom is 0.177 e. The Balaban J connectivity index is 2.96. The zero-order valence-corrected chi connectivity index (χ0v) is 8.81. The first-order valence-corrected chi connectivity index (χ1v) is 4.46. The number of ether oxygens (including phenoxy) is 2. The fourth-order valence-corrected chi connectivity index (χ4v) is 1.38. The van der Waals surface area contributed by atoms with Crippen LogP contribution in [0.15, 0.2) is 18.3 Å². The lowest BCUT2D eigenvalue weighted by atomic mass is 10.1. The normalized spacial score (nSPS) is 13.1. The Labute approximate surface area is 88.5 Å². The number of nitrogens with two attached hydrogens (primary N) is 2. The molecule has 0 aliphatic rings. The first-order valence-electron chi connectivity index (χ1n) is 4.46.